The third kappa shape index (κ3) is 2.64. The van der Waals surface area contributed by atoms with Crippen LogP contribution in [0.3, 0.4) is 0 Å². The lowest BCUT2D eigenvalue weighted by Gasteiger charge is -2.27. The minimum absolute atomic E-state index is 0.132. The number of carbonyl (C=O) groups is 1. The van der Waals surface area contributed by atoms with Crippen LogP contribution in [0.4, 0.5) is 0 Å². The first-order valence-corrected chi connectivity index (χ1v) is 7.72. The summed E-state index contributed by atoms with van der Waals surface area (Å²) >= 11 is 0. The number of carbonyl (C=O) groups excluding carboxylic acids is 1. The second kappa shape index (κ2) is 5.41. The number of benzene rings is 1. The van der Waals surface area contributed by atoms with Crippen LogP contribution >= 0.6 is 0 Å². The Hall–Kier alpha value is -1.60. The molecule has 1 aromatic carbocycles. The van der Waals surface area contributed by atoms with Crippen molar-refractivity contribution in [3.8, 4) is 5.75 Å². The number of aryl methyl sites for hydroxylation is 2. The maximum absolute atomic E-state index is 12.7. The molecule has 0 unspecified atom stereocenters. The van der Waals surface area contributed by atoms with E-state index < -0.39 is 10.0 Å². The van der Waals surface area contributed by atoms with Gasteiger partial charge in [0.15, 0.2) is 0 Å². The topological polar surface area (TPSA) is 75.7 Å². The number of methoxy groups -OCH3 is 1. The fourth-order valence-electron chi connectivity index (χ4n) is 2.38. The molecule has 0 atom stereocenters. The fraction of sp³-hybridized carbons (Fsp3) is 0.462. The van der Waals surface area contributed by atoms with E-state index in [0.29, 0.717) is 30.0 Å². The summed E-state index contributed by atoms with van der Waals surface area (Å²) in [4.78, 5) is 11.6. The van der Waals surface area contributed by atoms with Crippen molar-refractivity contribution in [1.82, 2.24) is 9.62 Å². The molecule has 1 aromatic rings. The molecule has 1 N–H and O–H groups in total. The summed E-state index contributed by atoms with van der Waals surface area (Å²) in [6, 6.07) is 3.37. The normalized spacial score (nSPS) is 16.9. The van der Waals surface area contributed by atoms with E-state index >= 15 is 0 Å². The predicted molar refractivity (Wildman–Crippen MR) is 74.2 cm³/mol. The maximum Gasteiger partial charge on any atom is 0.244 e. The van der Waals surface area contributed by atoms with E-state index in [1.807, 2.05) is 0 Å². The van der Waals surface area contributed by atoms with Gasteiger partial charge in [0, 0.05) is 13.1 Å². The molecule has 20 heavy (non-hydrogen) atoms. The Morgan fingerprint density at radius 1 is 1.25 bits per heavy atom. The first kappa shape index (κ1) is 14.8. The van der Waals surface area contributed by atoms with Gasteiger partial charge in [0.25, 0.3) is 0 Å². The fourth-order valence-corrected chi connectivity index (χ4v) is 4.19. The minimum atomic E-state index is -3.66. The number of nitrogens with zero attached hydrogens (tertiary/aromatic N) is 1. The van der Waals surface area contributed by atoms with E-state index in [2.05, 4.69) is 5.32 Å². The van der Waals surface area contributed by atoms with Crippen LogP contribution in [0.1, 0.15) is 11.1 Å². The van der Waals surface area contributed by atoms with Crippen molar-refractivity contribution in [3.05, 3.63) is 23.3 Å². The molecule has 0 saturated carbocycles. The molecule has 2 rings (SSSR count). The highest BCUT2D eigenvalue weighted by Gasteiger charge is 2.31. The van der Waals surface area contributed by atoms with E-state index in [0.717, 1.165) is 0 Å². The number of sulfonamides is 1. The summed E-state index contributed by atoms with van der Waals surface area (Å²) in [5, 5.41) is 2.62. The number of hydrogen-bond donors (Lipinski definition) is 1. The average molecular weight is 298 g/mol. The Kier molecular flexibility index (Phi) is 4.01. The van der Waals surface area contributed by atoms with Gasteiger partial charge >= 0.3 is 0 Å². The van der Waals surface area contributed by atoms with Crippen LogP contribution in [0.15, 0.2) is 17.0 Å². The molecular formula is C13H18N2O4S. The largest absolute Gasteiger partial charge is 0.497 e. The number of hydrogen-bond acceptors (Lipinski definition) is 4. The van der Waals surface area contributed by atoms with Crippen LogP contribution < -0.4 is 10.1 Å². The molecule has 0 spiro atoms. The molecule has 0 aromatic heterocycles. The molecule has 0 radical (unpaired) electrons. The zero-order valence-corrected chi connectivity index (χ0v) is 12.6. The van der Waals surface area contributed by atoms with E-state index in [1.54, 1.807) is 26.0 Å². The summed E-state index contributed by atoms with van der Waals surface area (Å²) in [5.41, 5.74) is 1.24. The Balaban J connectivity index is 2.46. The zero-order valence-electron chi connectivity index (χ0n) is 11.8. The molecule has 1 fully saturated rings. The van der Waals surface area contributed by atoms with Gasteiger partial charge in [-0.2, -0.15) is 4.31 Å². The van der Waals surface area contributed by atoms with Gasteiger partial charge in [-0.15, -0.1) is 0 Å². The lowest BCUT2D eigenvalue weighted by Crippen LogP contribution is -2.50. The van der Waals surface area contributed by atoms with Crippen molar-refractivity contribution in [2.45, 2.75) is 18.7 Å². The van der Waals surface area contributed by atoms with E-state index in [1.165, 1.54) is 11.4 Å². The van der Waals surface area contributed by atoms with Crippen molar-refractivity contribution >= 4 is 15.9 Å². The van der Waals surface area contributed by atoms with E-state index in [-0.39, 0.29) is 17.3 Å². The van der Waals surface area contributed by atoms with Crippen molar-refractivity contribution in [1.29, 1.82) is 0 Å². The van der Waals surface area contributed by atoms with Crippen LogP contribution in [-0.4, -0.2) is 45.4 Å². The summed E-state index contributed by atoms with van der Waals surface area (Å²) in [5.74, 6) is 0.346. The lowest BCUT2D eigenvalue weighted by atomic mass is 10.1. The molecule has 7 heteroatoms. The van der Waals surface area contributed by atoms with Crippen molar-refractivity contribution in [2.75, 3.05) is 26.7 Å². The van der Waals surface area contributed by atoms with Crippen molar-refractivity contribution < 1.29 is 17.9 Å². The highest BCUT2D eigenvalue weighted by atomic mass is 32.2. The average Bonchev–Trinajstić information content (AvgIpc) is 2.37. The molecule has 1 aliphatic rings. The third-order valence-electron chi connectivity index (χ3n) is 3.27. The van der Waals surface area contributed by atoms with E-state index in [4.69, 9.17) is 4.74 Å². The highest BCUT2D eigenvalue weighted by molar-refractivity contribution is 7.89. The number of rotatable bonds is 3. The lowest BCUT2D eigenvalue weighted by molar-refractivity contribution is -0.122. The predicted octanol–water partition coefficient (Wildman–Crippen LogP) is 0.433. The van der Waals surface area contributed by atoms with Crippen LogP contribution in [0.5, 0.6) is 5.75 Å². The van der Waals surface area contributed by atoms with Crippen LogP contribution in [0, 0.1) is 13.8 Å². The smallest absolute Gasteiger partial charge is 0.244 e. The molecule has 0 bridgehead atoms. The summed E-state index contributed by atoms with van der Waals surface area (Å²) in [6.45, 7) is 3.96. The number of nitrogens with one attached hydrogen (secondary N) is 1. The molecule has 1 saturated heterocycles. The van der Waals surface area contributed by atoms with Crippen LogP contribution in [-0.2, 0) is 14.8 Å². The van der Waals surface area contributed by atoms with Crippen LogP contribution in [0.25, 0.3) is 0 Å². The van der Waals surface area contributed by atoms with Gasteiger partial charge in [-0.1, -0.05) is 0 Å². The molecule has 6 nitrogen and oxygen atoms in total. The Bertz CT molecular complexity index is 617. The zero-order chi connectivity index (χ0) is 14.9. The summed E-state index contributed by atoms with van der Waals surface area (Å²) in [6.07, 6.45) is 0. The molecule has 110 valence electrons. The van der Waals surface area contributed by atoms with Gasteiger partial charge in [0.05, 0.1) is 18.6 Å². The standard InChI is InChI=1S/C13H18N2O4S/c1-9-6-11(19-3)7-10(2)13(9)20(17,18)15-5-4-14-12(16)8-15/h6-7H,4-5,8H2,1-3H3,(H,14,16). The van der Waals surface area contributed by atoms with Crippen molar-refractivity contribution in [2.24, 2.45) is 0 Å². The van der Waals surface area contributed by atoms with Gasteiger partial charge in [-0.3, -0.25) is 4.79 Å². The molecule has 1 heterocycles. The van der Waals surface area contributed by atoms with Gasteiger partial charge in [0.1, 0.15) is 5.75 Å². The number of ether oxygens (including phenoxy) is 1. The molecule has 1 aliphatic heterocycles. The Morgan fingerprint density at radius 3 is 2.35 bits per heavy atom. The minimum Gasteiger partial charge on any atom is -0.497 e. The molecule has 0 aliphatic carbocycles. The second-order valence-electron chi connectivity index (χ2n) is 4.78. The summed E-state index contributed by atoms with van der Waals surface area (Å²) < 4.78 is 31.7. The van der Waals surface area contributed by atoms with Gasteiger partial charge < -0.3 is 10.1 Å². The van der Waals surface area contributed by atoms with Gasteiger partial charge in [0.2, 0.25) is 15.9 Å². The molecular weight excluding hydrogens is 280 g/mol. The number of piperazine rings is 1. The second-order valence-corrected chi connectivity index (χ2v) is 6.65. The maximum atomic E-state index is 12.7. The highest BCUT2D eigenvalue weighted by Crippen LogP contribution is 2.28. The van der Waals surface area contributed by atoms with Crippen molar-refractivity contribution in [3.63, 3.8) is 0 Å². The SMILES string of the molecule is COc1cc(C)c(S(=O)(=O)N2CCNC(=O)C2)c(C)c1. The first-order chi connectivity index (χ1) is 9.36. The summed E-state index contributed by atoms with van der Waals surface area (Å²) in [7, 11) is -2.13. The quantitative estimate of drug-likeness (QED) is 0.878. The first-order valence-electron chi connectivity index (χ1n) is 6.28. The Morgan fingerprint density at radius 2 is 1.85 bits per heavy atom. The third-order valence-corrected chi connectivity index (χ3v) is 5.42. The van der Waals surface area contributed by atoms with Crippen LogP contribution in [0.2, 0.25) is 0 Å². The molecule has 1 amide bonds. The van der Waals surface area contributed by atoms with Gasteiger partial charge in [-0.05, 0) is 37.1 Å². The van der Waals surface area contributed by atoms with Gasteiger partial charge in [-0.25, -0.2) is 8.42 Å². The van der Waals surface area contributed by atoms with E-state index in [9.17, 15) is 13.2 Å². The monoisotopic (exact) mass is 298 g/mol. The Labute approximate surface area is 118 Å². The number of amides is 1.